The van der Waals surface area contributed by atoms with Crippen LogP contribution in [0.4, 0.5) is 24.7 Å². The summed E-state index contributed by atoms with van der Waals surface area (Å²) in [5.41, 5.74) is 2.12. The van der Waals surface area contributed by atoms with Crippen LogP contribution >= 0.6 is 11.6 Å². The van der Waals surface area contributed by atoms with Crippen molar-refractivity contribution in [3.05, 3.63) is 40.9 Å². The average molecular weight is 399 g/mol. The van der Waals surface area contributed by atoms with E-state index in [9.17, 15) is 13.2 Å². The van der Waals surface area contributed by atoms with Crippen molar-refractivity contribution < 1.29 is 13.2 Å². The van der Waals surface area contributed by atoms with Crippen LogP contribution in [0, 0.1) is 0 Å². The molecule has 3 rings (SSSR count). The lowest BCUT2D eigenvalue weighted by Crippen LogP contribution is -2.18. The molecule has 0 spiro atoms. The third kappa shape index (κ3) is 3.78. The van der Waals surface area contributed by atoms with E-state index in [0.717, 1.165) is 11.3 Å². The molecule has 2 heterocycles. The monoisotopic (exact) mass is 398 g/mol. The number of hydrogen-bond acceptors (Lipinski definition) is 5. The number of benzene rings is 1. The molecule has 10 heteroatoms. The topological polar surface area (TPSA) is 50.1 Å². The number of halogens is 4. The molecule has 0 saturated heterocycles. The van der Waals surface area contributed by atoms with Crippen LogP contribution in [0.25, 0.3) is 11.2 Å². The zero-order valence-electron chi connectivity index (χ0n) is 15.2. The molecule has 0 aliphatic carbocycles. The van der Waals surface area contributed by atoms with E-state index in [2.05, 4.69) is 15.0 Å². The Morgan fingerprint density at radius 1 is 1.07 bits per heavy atom. The van der Waals surface area contributed by atoms with Crippen molar-refractivity contribution in [1.29, 1.82) is 0 Å². The summed E-state index contributed by atoms with van der Waals surface area (Å²) in [5, 5.41) is 0.593. The molecule has 0 bridgehead atoms. The van der Waals surface area contributed by atoms with Gasteiger partial charge in [-0.2, -0.15) is 13.2 Å². The minimum atomic E-state index is -4.65. The molecular formula is C17H18ClF3N6. The molecule has 1 aromatic carbocycles. The first kappa shape index (κ1) is 19.2. The van der Waals surface area contributed by atoms with Crippen molar-refractivity contribution in [2.24, 2.45) is 0 Å². The van der Waals surface area contributed by atoms with Crippen LogP contribution < -0.4 is 9.80 Å². The molecule has 6 nitrogen and oxygen atoms in total. The Morgan fingerprint density at radius 3 is 2.37 bits per heavy atom. The van der Waals surface area contributed by atoms with Crippen LogP contribution in [0.15, 0.2) is 24.5 Å². The van der Waals surface area contributed by atoms with Crippen molar-refractivity contribution in [2.75, 3.05) is 38.0 Å². The quantitative estimate of drug-likeness (QED) is 0.671. The van der Waals surface area contributed by atoms with Crippen LogP contribution in [-0.4, -0.2) is 47.7 Å². The highest BCUT2D eigenvalue weighted by Gasteiger charge is 2.36. The summed E-state index contributed by atoms with van der Waals surface area (Å²) >= 11 is 6.18. The summed E-state index contributed by atoms with van der Waals surface area (Å²) in [6, 6.07) is 5.46. The Labute approximate surface area is 159 Å². The zero-order chi connectivity index (χ0) is 19.9. The lowest BCUT2D eigenvalue weighted by Gasteiger charge is -2.16. The van der Waals surface area contributed by atoms with Gasteiger partial charge in [0.25, 0.3) is 0 Å². The molecule has 0 saturated carbocycles. The second kappa shape index (κ2) is 6.88. The minimum absolute atomic E-state index is 0.121. The Hall–Kier alpha value is -2.55. The number of hydrogen-bond donors (Lipinski definition) is 0. The third-order valence-corrected chi connectivity index (χ3v) is 4.29. The molecular weight excluding hydrogens is 381 g/mol. The van der Waals surface area contributed by atoms with Crippen molar-refractivity contribution in [3.63, 3.8) is 0 Å². The Bertz CT molecular complexity index is 981. The second-order valence-electron chi connectivity index (χ2n) is 6.49. The largest absolute Gasteiger partial charge is 0.451 e. The van der Waals surface area contributed by atoms with E-state index in [1.54, 1.807) is 24.7 Å². The van der Waals surface area contributed by atoms with Gasteiger partial charge in [-0.25, -0.2) is 15.0 Å². The highest BCUT2D eigenvalue weighted by molar-refractivity contribution is 6.33. The summed E-state index contributed by atoms with van der Waals surface area (Å²) in [6.07, 6.45) is -3.18. The molecule has 0 radical (unpaired) electrons. The highest BCUT2D eigenvalue weighted by Crippen LogP contribution is 2.31. The fourth-order valence-electron chi connectivity index (χ4n) is 2.68. The Balaban J connectivity index is 2.11. The molecule has 0 amide bonds. The SMILES string of the molecule is CN(C)c1cc(Cn2cnc3c(N(C)C)nc(C(F)(F)F)nc32)ccc1Cl. The van der Waals surface area contributed by atoms with Gasteiger partial charge in [0.05, 0.1) is 23.6 Å². The van der Waals surface area contributed by atoms with Gasteiger partial charge < -0.3 is 14.4 Å². The molecule has 0 atom stereocenters. The van der Waals surface area contributed by atoms with Gasteiger partial charge >= 0.3 is 6.18 Å². The molecule has 0 aliphatic heterocycles. The van der Waals surface area contributed by atoms with Gasteiger partial charge in [0.1, 0.15) is 0 Å². The number of aromatic nitrogens is 4. The highest BCUT2D eigenvalue weighted by atomic mass is 35.5. The summed E-state index contributed by atoms with van der Waals surface area (Å²) in [5.74, 6) is -1.07. The predicted octanol–water partition coefficient (Wildman–Crippen LogP) is 3.68. The van der Waals surface area contributed by atoms with Crippen molar-refractivity contribution in [1.82, 2.24) is 19.5 Å². The maximum absolute atomic E-state index is 13.2. The number of alkyl halides is 3. The number of imidazole rings is 1. The number of anilines is 2. The van der Waals surface area contributed by atoms with Crippen molar-refractivity contribution >= 4 is 34.3 Å². The molecule has 0 unspecified atom stereocenters. The van der Waals surface area contributed by atoms with Gasteiger partial charge in [0.15, 0.2) is 17.0 Å². The normalized spacial score (nSPS) is 11.9. The van der Waals surface area contributed by atoms with E-state index >= 15 is 0 Å². The molecule has 2 aromatic heterocycles. The number of fused-ring (bicyclic) bond motifs is 1. The van der Waals surface area contributed by atoms with E-state index in [4.69, 9.17) is 11.6 Å². The first-order valence-corrected chi connectivity index (χ1v) is 8.39. The summed E-state index contributed by atoms with van der Waals surface area (Å²) in [7, 11) is 6.96. The summed E-state index contributed by atoms with van der Waals surface area (Å²) in [4.78, 5) is 14.9. The van der Waals surface area contributed by atoms with Gasteiger partial charge in [0, 0.05) is 28.2 Å². The van der Waals surface area contributed by atoms with Gasteiger partial charge in [-0.15, -0.1) is 0 Å². The fourth-order valence-corrected chi connectivity index (χ4v) is 2.97. The van der Waals surface area contributed by atoms with Gasteiger partial charge in [-0.3, -0.25) is 0 Å². The van der Waals surface area contributed by atoms with Crippen molar-refractivity contribution in [3.8, 4) is 0 Å². The van der Waals surface area contributed by atoms with E-state index in [1.807, 2.05) is 31.1 Å². The molecule has 144 valence electrons. The van der Waals surface area contributed by atoms with Gasteiger partial charge in [-0.05, 0) is 17.7 Å². The van der Waals surface area contributed by atoms with E-state index in [0.29, 0.717) is 17.1 Å². The van der Waals surface area contributed by atoms with Gasteiger partial charge in [-0.1, -0.05) is 17.7 Å². The second-order valence-corrected chi connectivity index (χ2v) is 6.90. The number of rotatable bonds is 4. The average Bonchev–Trinajstić information content (AvgIpc) is 2.97. The molecule has 27 heavy (non-hydrogen) atoms. The Morgan fingerprint density at radius 2 is 1.78 bits per heavy atom. The lowest BCUT2D eigenvalue weighted by molar-refractivity contribution is -0.144. The van der Waals surface area contributed by atoms with Crippen LogP contribution in [0.5, 0.6) is 0 Å². The van der Waals surface area contributed by atoms with E-state index in [1.165, 1.54) is 11.2 Å². The predicted molar refractivity (Wildman–Crippen MR) is 99.5 cm³/mol. The van der Waals surface area contributed by atoms with Crippen molar-refractivity contribution in [2.45, 2.75) is 12.7 Å². The lowest BCUT2D eigenvalue weighted by atomic mass is 10.2. The maximum atomic E-state index is 13.2. The molecule has 0 aliphatic rings. The molecule has 3 aromatic rings. The van der Waals surface area contributed by atoms with Crippen LogP contribution in [0.3, 0.4) is 0 Å². The van der Waals surface area contributed by atoms with Crippen LogP contribution in [-0.2, 0) is 12.7 Å². The smallest absolute Gasteiger partial charge is 0.376 e. The number of nitrogens with zero attached hydrogens (tertiary/aromatic N) is 6. The minimum Gasteiger partial charge on any atom is -0.376 e. The fraction of sp³-hybridized carbons (Fsp3) is 0.353. The maximum Gasteiger partial charge on any atom is 0.451 e. The molecule has 0 N–H and O–H groups in total. The summed E-state index contributed by atoms with van der Waals surface area (Å²) < 4.78 is 41.2. The van der Waals surface area contributed by atoms with Crippen LogP contribution in [0.1, 0.15) is 11.4 Å². The third-order valence-electron chi connectivity index (χ3n) is 3.97. The first-order chi connectivity index (χ1) is 12.6. The van der Waals surface area contributed by atoms with E-state index < -0.39 is 12.0 Å². The van der Waals surface area contributed by atoms with E-state index in [-0.39, 0.29) is 11.5 Å². The zero-order valence-corrected chi connectivity index (χ0v) is 16.0. The standard InChI is InChI=1S/C17H18ClF3N6/c1-25(2)12-7-10(5-6-11(12)18)8-27-9-22-13-14(26(3)4)23-16(17(19,20)21)24-15(13)27/h5-7,9H,8H2,1-4H3. The Kier molecular flexibility index (Phi) is 4.90. The first-order valence-electron chi connectivity index (χ1n) is 8.01. The van der Waals surface area contributed by atoms with Gasteiger partial charge in [0.2, 0.25) is 5.82 Å². The van der Waals surface area contributed by atoms with Crippen LogP contribution in [0.2, 0.25) is 5.02 Å². The summed E-state index contributed by atoms with van der Waals surface area (Å²) in [6.45, 7) is 0.301. The molecule has 0 fully saturated rings.